The molecular formula is C26H29N3O4. The molecule has 33 heavy (non-hydrogen) atoms. The summed E-state index contributed by atoms with van der Waals surface area (Å²) in [5.74, 6) is -1.12. The highest BCUT2D eigenvalue weighted by molar-refractivity contribution is 6.06. The Morgan fingerprint density at radius 1 is 1.00 bits per heavy atom. The molecule has 0 fully saturated rings. The van der Waals surface area contributed by atoms with Gasteiger partial charge in [-0.25, -0.2) is 4.79 Å². The van der Waals surface area contributed by atoms with Crippen LogP contribution in [0.3, 0.4) is 0 Å². The molecule has 0 saturated carbocycles. The molecule has 0 aliphatic rings. The zero-order valence-corrected chi connectivity index (χ0v) is 19.5. The first kappa shape index (κ1) is 23.9. The second-order valence-electron chi connectivity index (χ2n) is 7.93. The number of fused-ring (bicyclic) bond motifs is 1. The fourth-order valence-electron chi connectivity index (χ4n) is 3.71. The van der Waals surface area contributed by atoms with Crippen LogP contribution in [0.25, 0.3) is 10.9 Å². The van der Waals surface area contributed by atoms with E-state index in [-0.39, 0.29) is 5.91 Å². The number of aromatic nitrogens is 1. The SMILES string of the molecule is CCCc1nc2ccccc2c(C(=O)OCC(=O)Nc2ccc(C(=O)N(C)C)cc2)c1CC. The fourth-order valence-corrected chi connectivity index (χ4v) is 3.71. The smallest absolute Gasteiger partial charge is 0.339 e. The molecular weight excluding hydrogens is 418 g/mol. The minimum Gasteiger partial charge on any atom is -0.452 e. The molecule has 0 bridgehead atoms. The van der Waals surface area contributed by atoms with Crippen molar-refractivity contribution in [2.24, 2.45) is 0 Å². The highest BCUT2D eigenvalue weighted by Gasteiger charge is 2.21. The number of ether oxygens (including phenoxy) is 1. The standard InChI is InChI=1S/C26H29N3O4/c1-5-9-21-19(6-2)24(20-10-7-8-11-22(20)28-21)26(32)33-16-23(30)27-18-14-12-17(13-15-18)25(31)29(3)4/h7-8,10-15H,5-6,9,16H2,1-4H3,(H,27,30). The molecule has 1 aromatic heterocycles. The van der Waals surface area contributed by atoms with Crippen molar-refractivity contribution in [1.82, 2.24) is 9.88 Å². The first-order chi connectivity index (χ1) is 15.8. The van der Waals surface area contributed by atoms with Gasteiger partial charge in [0.15, 0.2) is 6.61 Å². The summed E-state index contributed by atoms with van der Waals surface area (Å²) in [7, 11) is 3.35. The summed E-state index contributed by atoms with van der Waals surface area (Å²) >= 11 is 0. The van der Waals surface area contributed by atoms with Crippen molar-refractivity contribution in [3.63, 3.8) is 0 Å². The van der Waals surface area contributed by atoms with Crippen LogP contribution < -0.4 is 5.32 Å². The molecule has 0 atom stereocenters. The monoisotopic (exact) mass is 447 g/mol. The van der Waals surface area contributed by atoms with E-state index in [0.717, 1.165) is 35.0 Å². The van der Waals surface area contributed by atoms with Gasteiger partial charge in [0.1, 0.15) is 0 Å². The molecule has 0 unspecified atom stereocenters. The summed E-state index contributed by atoms with van der Waals surface area (Å²) in [6.07, 6.45) is 2.32. The number of hydrogen-bond acceptors (Lipinski definition) is 5. The molecule has 2 aromatic carbocycles. The van der Waals surface area contributed by atoms with E-state index in [9.17, 15) is 14.4 Å². The van der Waals surface area contributed by atoms with E-state index in [1.807, 2.05) is 31.2 Å². The van der Waals surface area contributed by atoms with Gasteiger partial charge in [-0.1, -0.05) is 38.5 Å². The molecule has 1 N–H and O–H groups in total. The number of hydrogen-bond donors (Lipinski definition) is 1. The van der Waals surface area contributed by atoms with E-state index >= 15 is 0 Å². The number of rotatable bonds is 8. The van der Waals surface area contributed by atoms with Gasteiger partial charge < -0.3 is 15.0 Å². The zero-order valence-electron chi connectivity index (χ0n) is 19.5. The minimum absolute atomic E-state index is 0.124. The van der Waals surface area contributed by atoms with Crippen LogP contribution in [0.2, 0.25) is 0 Å². The fraction of sp³-hybridized carbons (Fsp3) is 0.308. The number of esters is 1. The topological polar surface area (TPSA) is 88.6 Å². The third-order valence-corrected chi connectivity index (χ3v) is 5.28. The van der Waals surface area contributed by atoms with Gasteiger partial charge in [-0.05, 0) is 48.7 Å². The van der Waals surface area contributed by atoms with E-state index in [2.05, 4.69) is 12.2 Å². The molecule has 172 valence electrons. The second-order valence-corrected chi connectivity index (χ2v) is 7.93. The summed E-state index contributed by atoms with van der Waals surface area (Å²) in [4.78, 5) is 43.7. The summed E-state index contributed by atoms with van der Waals surface area (Å²) in [5.41, 5.74) is 4.00. The van der Waals surface area contributed by atoms with Gasteiger partial charge >= 0.3 is 5.97 Å². The molecule has 0 aliphatic heterocycles. The number of nitrogens with one attached hydrogen (secondary N) is 1. The molecule has 1 heterocycles. The molecule has 7 nitrogen and oxygen atoms in total. The number of carbonyl (C=O) groups is 3. The van der Waals surface area contributed by atoms with Crippen LogP contribution in [0.5, 0.6) is 0 Å². The van der Waals surface area contributed by atoms with Gasteiger partial charge in [0.2, 0.25) is 0 Å². The molecule has 0 radical (unpaired) electrons. The van der Waals surface area contributed by atoms with Crippen molar-refractivity contribution < 1.29 is 19.1 Å². The van der Waals surface area contributed by atoms with Crippen LogP contribution >= 0.6 is 0 Å². The Hall–Kier alpha value is -3.74. The minimum atomic E-state index is -0.537. The summed E-state index contributed by atoms with van der Waals surface area (Å²) in [6, 6.07) is 14.0. The van der Waals surface area contributed by atoms with Crippen molar-refractivity contribution >= 4 is 34.4 Å². The van der Waals surface area contributed by atoms with Gasteiger partial charge in [0.05, 0.1) is 11.1 Å². The largest absolute Gasteiger partial charge is 0.452 e. The maximum atomic E-state index is 13.1. The number of carbonyl (C=O) groups excluding carboxylic acids is 3. The second kappa shape index (κ2) is 10.7. The van der Waals surface area contributed by atoms with Gasteiger partial charge in [-0.15, -0.1) is 0 Å². The lowest BCUT2D eigenvalue weighted by Gasteiger charge is -2.15. The highest BCUT2D eigenvalue weighted by atomic mass is 16.5. The van der Waals surface area contributed by atoms with Crippen molar-refractivity contribution in [3.05, 3.63) is 70.9 Å². The average Bonchev–Trinajstić information content (AvgIpc) is 2.81. The van der Waals surface area contributed by atoms with Crippen molar-refractivity contribution in [3.8, 4) is 0 Å². The molecule has 7 heteroatoms. The van der Waals surface area contributed by atoms with Crippen LogP contribution in [-0.4, -0.2) is 48.4 Å². The van der Waals surface area contributed by atoms with Crippen molar-refractivity contribution in [2.45, 2.75) is 33.1 Å². The van der Waals surface area contributed by atoms with Crippen LogP contribution in [0, 0.1) is 0 Å². The molecule has 3 rings (SSSR count). The number of para-hydroxylation sites is 1. The van der Waals surface area contributed by atoms with Crippen LogP contribution in [0.15, 0.2) is 48.5 Å². The van der Waals surface area contributed by atoms with Gasteiger partial charge in [0, 0.05) is 36.4 Å². The molecule has 0 spiro atoms. The van der Waals surface area contributed by atoms with Gasteiger partial charge in [-0.3, -0.25) is 14.6 Å². The number of anilines is 1. The third kappa shape index (κ3) is 5.55. The molecule has 0 saturated heterocycles. The van der Waals surface area contributed by atoms with E-state index in [1.165, 1.54) is 4.90 Å². The number of aryl methyl sites for hydroxylation is 1. The lowest BCUT2D eigenvalue weighted by atomic mass is 9.96. The molecule has 0 aliphatic carbocycles. The van der Waals surface area contributed by atoms with E-state index < -0.39 is 18.5 Å². The maximum Gasteiger partial charge on any atom is 0.339 e. The number of pyridine rings is 1. The predicted octanol–water partition coefficient (Wildman–Crippen LogP) is 4.25. The first-order valence-corrected chi connectivity index (χ1v) is 11.0. The average molecular weight is 448 g/mol. The zero-order chi connectivity index (χ0) is 24.0. The Balaban J connectivity index is 1.74. The Labute approximate surface area is 193 Å². The first-order valence-electron chi connectivity index (χ1n) is 11.0. The summed E-state index contributed by atoms with van der Waals surface area (Å²) in [5, 5.41) is 3.41. The number of benzene rings is 2. The number of nitrogens with zero attached hydrogens (tertiary/aromatic N) is 2. The van der Waals surface area contributed by atoms with Gasteiger partial charge in [0.25, 0.3) is 11.8 Å². The van der Waals surface area contributed by atoms with Crippen molar-refractivity contribution in [1.29, 1.82) is 0 Å². The predicted molar refractivity (Wildman–Crippen MR) is 128 cm³/mol. The maximum absolute atomic E-state index is 13.1. The van der Waals surface area contributed by atoms with E-state index in [4.69, 9.17) is 9.72 Å². The van der Waals surface area contributed by atoms with E-state index in [1.54, 1.807) is 38.4 Å². The van der Waals surface area contributed by atoms with Crippen molar-refractivity contribution in [2.75, 3.05) is 26.0 Å². The Kier molecular flexibility index (Phi) is 7.77. The lowest BCUT2D eigenvalue weighted by molar-refractivity contribution is -0.119. The van der Waals surface area contributed by atoms with Gasteiger partial charge in [-0.2, -0.15) is 0 Å². The highest BCUT2D eigenvalue weighted by Crippen LogP contribution is 2.26. The Bertz CT molecular complexity index is 1170. The molecule has 2 amide bonds. The molecule has 3 aromatic rings. The van der Waals surface area contributed by atoms with Crippen LogP contribution in [-0.2, 0) is 22.4 Å². The Morgan fingerprint density at radius 3 is 2.33 bits per heavy atom. The quantitative estimate of drug-likeness (QED) is 0.522. The number of amides is 2. The Morgan fingerprint density at radius 2 is 1.70 bits per heavy atom. The van der Waals surface area contributed by atoms with Crippen LogP contribution in [0.1, 0.15) is 52.2 Å². The summed E-state index contributed by atoms with van der Waals surface area (Å²) < 4.78 is 5.40. The van der Waals surface area contributed by atoms with E-state index in [0.29, 0.717) is 23.2 Å². The third-order valence-electron chi connectivity index (χ3n) is 5.28. The van der Waals surface area contributed by atoms with Crippen LogP contribution in [0.4, 0.5) is 5.69 Å². The lowest BCUT2D eigenvalue weighted by Crippen LogP contribution is -2.23. The summed E-state index contributed by atoms with van der Waals surface area (Å²) in [6.45, 7) is 3.64. The normalized spacial score (nSPS) is 10.7.